The Balaban J connectivity index is 1.63. The minimum absolute atomic E-state index is 0.0532. The number of nitrogens with one attached hydrogen (secondary N) is 4. The molecular formula is C21H24Cl2N8O2. The lowest BCUT2D eigenvalue weighted by molar-refractivity contribution is -0.132. The van der Waals surface area contributed by atoms with Gasteiger partial charge in [-0.15, -0.1) is 11.6 Å². The Morgan fingerprint density at radius 3 is 2.85 bits per heavy atom. The molecule has 0 spiro atoms. The Kier molecular flexibility index (Phi) is 7.01. The summed E-state index contributed by atoms with van der Waals surface area (Å²) in [5.41, 5.74) is 0.875. The van der Waals surface area contributed by atoms with Crippen LogP contribution in [0.15, 0.2) is 60.3 Å². The van der Waals surface area contributed by atoms with E-state index < -0.39 is 18.9 Å². The summed E-state index contributed by atoms with van der Waals surface area (Å²) in [6.45, 7) is 0. The molecule has 2 aliphatic heterocycles. The summed E-state index contributed by atoms with van der Waals surface area (Å²) in [5, 5.41) is 15.5. The number of hydrogen-bond acceptors (Lipinski definition) is 8. The predicted octanol–water partition coefficient (Wildman–Crippen LogP) is 1.30. The second kappa shape index (κ2) is 9.94. The van der Waals surface area contributed by atoms with Crippen LogP contribution in [0.2, 0.25) is 0 Å². The molecule has 1 aromatic heterocycles. The van der Waals surface area contributed by atoms with Crippen molar-refractivity contribution >= 4 is 51.5 Å². The maximum absolute atomic E-state index is 12.3. The highest BCUT2D eigenvalue weighted by Gasteiger charge is 2.33. The van der Waals surface area contributed by atoms with E-state index in [2.05, 4.69) is 26.3 Å². The van der Waals surface area contributed by atoms with Crippen LogP contribution < -0.4 is 21.3 Å². The molecule has 174 valence electrons. The molecule has 1 fully saturated rings. The first-order chi connectivity index (χ1) is 15.9. The van der Waals surface area contributed by atoms with Crippen LogP contribution in [0.1, 0.15) is 0 Å². The van der Waals surface area contributed by atoms with E-state index in [1.165, 1.54) is 16.0 Å². The van der Waals surface area contributed by atoms with Crippen molar-refractivity contribution in [3.8, 4) is 0 Å². The Morgan fingerprint density at radius 1 is 1.24 bits per heavy atom. The number of rotatable bonds is 5. The van der Waals surface area contributed by atoms with Gasteiger partial charge >= 0.3 is 0 Å². The van der Waals surface area contributed by atoms with Crippen LogP contribution in [0.3, 0.4) is 0 Å². The third-order valence-electron chi connectivity index (χ3n) is 5.39. The molecule has 2 aromatic rings. The molecule has 12 heteroatoms. The first-order valence-electron chi connectivity index (χ1n) is 10.2. The quantitative estimate of drug-likeness (QED) is 0.465. The van der Waals surface area contributed by atoms with Gasteiger partial charge in [-0.2, -0.15) is 0 Å². The highest BCUT2D eigenvalue weighted by Crippen LogP contribution is 2.23. The SMILES string of the molecule is CN1C=CN(C2NC(Nc3cccc4cnccc34)NC(N(C)C(=O)CCl)N2)C=C(Cl)C1=O. The number of alkyl halides is 1. The summed E-state index contributed by atoms with van der Waals surface area (Å²) in [6.07, 6.45) is 6.81. The van der Waals surface area contributed by atoms with Crippen LogP contribution in [-0.2, 0) is 9.59 Å². The van der Waals surface area contributed by atoms with Gasteiger partial charge in [0.1, 0.15) is 29.8 Å². The van der Waals surface area contributed by atoms with Crippen LogP contribution in [0.4, 0.5) is 5.69 Å². The molecule has 3 heterocycles. The van der Waals surface area contributed by atoms with Crippen molar-refractivity contribution in [2.45, 2.75) is 18.9 Å². The Morgan fingerprint density at radius 2 is 2.06 bits per heavy atom. The molecule has 1 aromatic carbocycles. The zero-order valence-corrected chi connectivity index (χ0v) is 19.5. The van der Waals surface area contributed by atoms with Gasteiger partial charge in [0.05, 0.1) is 0 Å². The second-order valence-corrected chi connectivity index (χ2v) is 8.24. The molecule has 1 saturated heterocycles. The largest absolute Gasteiger partial charge is 0.357 e. The molecule has 2 amide bonds. The predicted molar refractivity (Wildman–Crippen MR) is 127 cm³/mol. The van der Waals surface area contributed by atoms with Crippen molar-refractivity contribution in [1.82, 2.24) is 35.6 Å². The topological polar surface area (TPSA) is 105 Å². The number of pyridine rings is 1. The number of likely N-dealkylation sites (N-methyl/N-ethyl adjacent to an activating group) is 1. The first kappa shape index (κ1) is 23.3. The van der Waals surface area contributed by atoms with Crippen molar-refractivity contribution in [2.75, 3.05) is 25.3 Å². The van der Waals surface area contributed by atoms with E-state index in [0.29, 0.717) is 0 Å². The number of halogens is 2. The Hall–Kier alpha value is -2.89. The summed E-state index contributed by atoms with van der Waals surface area (Å²) in [5.74, 6) is -0.737. The normalized spacial score (nSPS) is 23.3. The molecule has 33 heavy (non-hydrogen) atoms. The number of carbonyl (C=O) groups excluding carboxylic acids is 2. The smallest absolute Gasteiger partial charge is 0.270 e. The van der Waals surface area contributed by atoms with Gasteiger partial charge < -0.3 is 20.0 Å². The van der Waals surface area contributed by atoms with Crippen LogP contribution in [0, 0.1) is 0 Å². The van der Waals surface area contributed by atoms with Crippen LogP contribution in [0.5, 0.6) is 0 Å². The fourth-order valence-corrected chi connectivity index (χ4v) is 3.97. The fourth-order valence-electron chi connectivity index (χ4n) is 3.53. The first-order valence-corrected chi connectivity index (χ1v) is 11.1. The van der Waals surface area contributed by atoms with E-state index in [1.54, 1.807) is 43.8 Å². The minimum Gasteiger partial charge on any atom is -0.357 e. The monoisotopic (exact) mass is 490 g/mol. The zero-order valence-electron chi connectivity index (χ0n) is 18.0. The third-order valence-corrected chi connectivity index (χ3v) is 5.88. The standard InChI is InChI=1S/C21H24Cl2N8O2/c1-29-8-9-31(12-15(23)18(29)33)21-27-19(26-20(28-21)30(2)17(32)10-22)25-16-5-3-4-13-11-24-7-6-14(13)16/h3-9,11-12,19-21,25-28H,10H2,1-2H3. The van der Waals surface area contributed by atoms with Crippen LogP contribution >= 0.6 is 23.2 Å². The lowest BCUT2D eigenvalue weighted by Gasteiger charge is -2.45. The summed E-state index contributed by atoms with van der Waals surface area (Å²) in [7, 11) is 3.27. The molecular weight excluding hydrogens is 467 g/mol. The van der Waals surface area contributed by atoms with Crippen molar-refractivity contribution in [3.63, 3.8) is 0 Å². The van der Waals surface area contributed by atoms with Crippen LogP contribution in [0.25, 0.3) is 10.8 Å². The molecule has 3 atom stereocenters. The number of amides is 2. The summed E-state index contributed by atoms with van der Waals surface area (Å²) in [6, 6.07) is 7.81. The fraction of sp³-hybridized carbons (Fsp3) is 0.286. The Bertz CT molecular complexity index is 1110. The lowest BCUT2D eigenvalue weighted by Crippen LogP contribution is -2.76. The van der Waals surface area contributed by atoms with Gasteiger partial charge in [-0.3, -0.25) is 30.5 Å². The van der Waals surface area contributed by atoms with Gasteiger partial charge in [0.15, 0.2) is 0 Å². The molecule has 0 saturated carbocycles. The van der Waals surface area contributed by atoms with Gasteiger partial charge in [0, 0.05) is 61.5 Å². The minimum atomic E-state index is -0.575. The van der Waals surface area contributed by atoms with Gasteiger partial charge in [-0.25, -0.2) is 0 Å². The number of hydrogen-bond donors (Lipinski definition) is 4. The second-order valence-electron chi connectivity index (χ2n) is 7.56. The lowest BCUT2D eigenvalue weighted by atomic mass is 10.1. The molecule has 10 nitrogen and oxygen atoms in total. The van der Waals surface area contributed by atoms with E-state index in [9.17, 15) is 9.59 Å². The van der Waals surface area contributed by atoms with E-state index in [1.807, 2.05) is 24.3 Å². The van der Waals surface area contributed by atoms with Gasteiger partial charge in [-0.1, -0.05) is 23.7 Å². The number of aromatic nitrogens is 1. The third kappa shape index (κ3) is 5.05. The van der Waals surface area contributed by atoms with E-state index in [-0.39, 0.29) is 22.7 Å². The number of carbonyl (C=O) groups is 2. The average molecular weight is 491 g/mol. The molecule has 3 unspecified atom stereocenters. The van der Waals surface area contributed by atoms with Gasteiger partial charge in [0.25, 0.3) is 5.91 Å². The number of fused-ring (bicyclic) bond motifs is 1. The summed E-state index contributed by atoms with van der Waals surface area (Å²) >= 11 is 12.0. The van der Waals surface area contributed by atoms with Crippen molar-refractivity contribution in [2.24, 2.45) is 0 Å². The highest BCUT2D eigenvalue weighted by molar-refractivity contribution is 6.42. The van der Waals surface area contributed by atoms with Crippen molar-refractivity contribution < 1.29 is 9.59 Å². The molecule has 0 radical (unpaired) electrons. The van der Waals surface area contributed by atoms with Crippen LogP contribution in [-0.4, -0.2) is 70.3 Å². The van der Waals surface area contributed by atoms with Crippen molar-refractivity contribution in [3.05, 3.63) is 60.3 Å². The molecule has 4 rings (SSSR count). The molecule has 4 N–H and O–H groups in total. The number of anilines is 1. The summed E-state index contributed by atoms with van der Waals surface area (Å²) < 4.78 is 0. The maximum Gasteiger partial charge on any atom is 0.270 e. The number of benzene rings is 1. The Labute approximate surface area is 201 Å². The van der Waals surface area contributed by atoms with Gasteiger partial charge in [0.2, 0.25) is 5.91 Å². The average Bonchev–Trinajstić information content (AvgIpc) is 2.96. The van der Waals surface area contributed by atoms with E-state index in [0.717, 1.165) is 16.5 Å². The maximum atomic E-state index is 12.3. The molecule has 0 bridgehead atoms. The number of nitrogens with zero attached hydrogens (tertiary/aromatic N) is 4. The molecule has 2 aliphatic rings. The van der Waals surface area contributed by atoms with E-state index in [4.69, 9.17) is 23.2 Å². The molecule has 0 aliphatic carbocycles. The van der Waals surface area contributed by atoms with Gasteiger partial charge in [-0.05, 0) is 12.1 Å². The summed E-state index contributed by atoms with van der Waals surface area (Å²) in [4.78, 5) is 33.3. The highest BCUT2D eigenvalue weighted by atomic mass is 35.5. The van der Waals surface area contributed by atoms with Crippen molar-refractivity contribution in [1.29, 1.82) is 0 Å². The zero-order chi connectivity index (χ0) is 23.5. The van der Waals surface area contributed by atoms with E-state index >= 15 is 0 Å².